The first kappa shape index (κ1) is 15.4. The van der Waals surface area contributed by atoms with Crippen LogP contribution in [-0.4, -0.2) is 24.9 Å². The molecule has 0 aliphatic heterocycles. The first-order chi connectivity index (χ1) is 10.0. The summed E-state index contributed by atoms with van der Waals surface area (Å²) in [5.41, 5.74) is 8.08. The Balaban J connectivity index is 2.05. The van der Waals surface area contributed by atoms with Crippen molar-refractivity contribution in [2.24, 2.45) is 0 Å². The number of nitrogens with zero attached hydrogens (tertiary/aromatic N) is 1. The fraction of sp³-hybridized carbons (Fsp3) is 0.312. The van der Waals surface area contributed by atoms with E-state index < -0.39 is 0 Å². The predicted octanol–water partition coefficient (Wildman–Crippen LogP) is 3.21. The number of carbonyl (C=O) groups is 1. The molecule has 0 atom stereocenters. The number of amides is 1. The van der Waals surface area contributed by atoms with Gasteiger partial charge < -0.3 is 16.0 Å². The maximum absolute atomic E-state index is 11.9. The van der Waals surface area contributed by atoms with Gasteiger partial charge in [-0.15, -0.1) is 11.3 Å². The molecule has 0 radical (unpaired) electrons. The van der Waals surface area contributed by atoms with Crippen molar-refractivity contribution in [3.63, 3.8) is 0 Å². The zero-order chi connectivity index (χ0) is 15.4. The van der Waals surface area contributed by atoms with E-state index in [-0.39, 0.29) is 5.91 Å². The van der Waals surface area contributed by atoms with Crippen LogP contribution in [0.25, 0.3) is 0 Å². The van der Waals surface area contributed by atoms with Crippen molar-refractivity contribution >= 4 is 28.6 Å². The molecule has 0 saturated heterocycles. The average molecular weight is 303 g/mol. The number of carbonyl (C=O) groups excluding carboxylic acids is 1. The van der Waals surface area contributed by atoms with Crippen molar-refractivity contribution < 1.29 is 4.79 Å². The molecule has 3 N–H and O–H groups in total. The van der Waals surface area contributed by atoms with Gasteiger partial charge in [-0.3, -0.25) is 4.79 Å². The third-order valence-electron chi connectivity index (χ3n) is 3.22. The van der Waals surface area contributed by atoms with Gasteiger partial charge in [-0.1, -0.05) is 6.92 Å². The highest BCUT2D eigenvalue weighted by Crippen LogP contribution is 2.23. The molecule has 1 amide bonds. The Morgan fingerprint density at radius 2 is 1.95 bits per heavy atom. The van der Waals surface area contributed by atoms with Gasteiger partial charge in [0.2, 0.25) is 0 Å². The van der Waals surface area contributed by atoms with Crippen LogP contribution in [0.5, 0.6) is 0 Å². The van der Waals surface area contributed by atoms with Gasteiger partial charge in [0, 0.05) is 36.0 Å². The average Bonchev–Trinajstić information content (AvgIpc) is 2.93. The molecular formula is C16H21N3OS. The van der Waals surface area contributed by atoms with E-state index in [1.807, 2.05) is 6.07 Å². The van der Waals surface area contributed by atoms with E-state index in [0.29, 0.717) is 11.3 Å². The Bertz CT molecular complexity index is 634. The maximum Gasteiger partial charge on any atom is 0.253 e. The Kier molecular flexibility index (Phi) is 4.85. The van der Waals surface area contributed by atoms with Crippen molar-refractivity contribution in [3.8, 4) is 0 Å². The molecule has 5 heteroatoms. The normalized spacial score (nSPS) is 10.4. The van der Waals surface area contributed by atoms with E-state index in [1.165, 1.54) is 9.75 Å². The highest BCUT2D eigenvalue weighted by atomic mass is 32.1. The molecule has 2 aromatic rings. The van der Waals surface area contributed by atoms with Gasteiger partial charge in [0.05, 0.1) is 11.4 Å². The van der Waals surface area contributed by atoms with E-state index in [1.54, 1.807) is 42.5 Å². The first-order valence-electron chi connectivity index (χ1n) is 6.94. The van der Waals surface area contributed by atoms with E-state index in [9.17, 15) is 4.79 Å². The van der Waals surface area contributed by atoms with Gasteiger partial charge in [0.1, 0.15) is 0 Å². The smallest absolute Gasteiger partial charge is 0.253 e. The zero-order valence-corrected chi connectivity index (χ0v) is 13.5. The van der Waals surface area contributed by atoms with E-state index in [0.717, 1.165) is 18.7 Å². The summed E-state index contributed by atoms with van der Waals surface area (Å²) in [5.74, 6) is -0.0425. The number of thiophene rings is 1. The van der Waals surface area contributed by atoms with Gasteiger partial charge in [-0.2, -0.15) is 0 Å². The summed E-state index contributed by atoms with van der Waals surface area (Å²) < 4.78 is 0. The fourth-order valence-electron chi connectivity index (χ4n) is 2.00. The summed E-state index contributed by atoms with van der Waals surface area (Å²) in [6.45, 7) is 2.90. The summed E-state index contributed by atoms with van der Waals surface area (Å²) in [4.78, 5) is 16.1. The summed E-state index contributed by atoms with van der Waals surface area (Å²) in [5, 5.41) is 3.32. The number of rotatable bonds is 5. The summed E-state index contributed by atoms with van der Waals surface area (Å²) in [6, 6.07) is 9.67. The highest BCUT2D eigenvalue weighted by Gasteiger charge is 2.10. The SMILES string of the molecule is CCc1ccc(CNc2ccc(C(=O)N(C)C)cc2N)s1. The Labute approximate surface area is 129 Å². The molecule has 0 bridgehead atoms. The number of hydrogen-bond acceptors (Lipinski definition) is 4. The number of nitrogen functional groups attached to an aromatic ring is 1. The van der Waals surface area contributed by atoms with Crippen LogP contribution in [0, 0.1) is 0 Å². The molecule has 0 unspecified atom stereocenters. The second-order valence-electron chi connectivity index (χ2n) is 5.08. The molecule has 2 rings (SSSR count). The largest absolute Gasteiger partial charge is 0.397 e. The van der Waals surface area contributed by atoms with Crippen LogP contribution < -0.4 is 11.1 Å². The van der Waals surface area contributed by atoms with Crippen LogP contribution in [0.1, 0.15) is 27.0 Å². The minimum atomic E-state index is -0.0425. The van der Waals surface area contributed by atoms with Gasteiger partial charge in [0.15, 0.2) is 0 Å². The molecule has 112 valence electrons. The molecule has 0 aliphatic rings. The van der Waals surface area contributed by atoms with Gasteiger partial charge in [0.25, 0.3) is 5.91 Å². The Hall–Kier alpha value is -2.01. The maximum atomic E-state index is 11.9. The minimum Gasteiger partial charge on any atom is -0.397 e. The van der Waals surface area contributed by atoms with E-state index in [2.05, 4.69) is 24.4 Å². The molecule has 0 spiro atoms. The van der Waals surface area contributed by atoms with Crippen molar-refractivity contribution in [2.75, 3.05) is 25.1 Å². The van der Waals surface area contributed by atoms with Gasteiger partial charge in [-0.25, -0.2) is 0 Å². The lowest BCUT2D eigenvalue weighted by Gasteiger charge is -2.13. The summed E-state index contributed by atoms with van der Waals surface area (Å²) in [7, 11) is 3.46. The highest BCUT2D eigenvalue weighted by molar-refractivity contribution is 7.12. The van der Waals surface area contributed by atoms with E-state index in [4.69, 9.17) is 5.73 Å². The van der Waals surface area contributed by atoms with Crippen LogP contribution in [0.3, 0.4) is 0 Å². The van der Waals surface area contributed by atoms with Crippen LogP contribution in [0.2, 0.25) is 0 Å². The molecule has 0 saturated carbocycles. The standard InChI is InChI=1S/C16H21N3OS/c1-4-12-6-7-13(21-12)10-18-15-8-5-11(9-14(15)17)16(20)19(2)3/h5-9,18H,4,10,17H2,1-3H3. The summed E-state index contributed by atoms with van der Waals surface area (Å²) in [6.07, 6.45) is 1.06. The third-order valence-corrected chi connectivity index (χ3v) is 4.45. The molecule has 1 heterocycles. The monoisotopic (exact) mass is 303 g/mol. The van der Waals surface area contributed by atoms with Crippen LogP contribution in [0.15, 0.2) is 30.3 Å². The molecule has 21 heavy (non-hydrogen) atoms. The van der Waals surface area contributed by atoms with Crippen molar-refractivity contribution in [1.82, 2.24) is 4.90 Å². The number of anilines is 2. The second-order valence-corrected chi connectivity index (χ2v) is 6.33. The van der Waals surface area contributed by atoms with Crippen molar-refractivity contribution in [3.05, 3.63) is 45.6 Å². The van der Waals surface area contributed by atoms with E-state index >= 15 is 0 Å². The molecule has 0 aliphatic carbocycles. The Morgan fingerprint density at radius 1 is 1.24 bits per heavy atom. The number of hydrogen-bond donors (Lipinski definition) is 2. The lowest BCUT2D eigenvalue weighted by Crippen LogP contribution is -2.21. The third kappa shape index (κ3) is 3.76. The Morgan fingerprint density at radius 3 is 2.52 bits per heavy atom. The number of nitrogens with one attached hydrogen (secondary N) is 1. The molecule has 1 aromatic heterocycles. The van der Waals surface area contributed by atoms with Crippen molar-refractivity contribution in [1.29, 1.82) is 0 Å². The number of benzene rings is 1. The lowest BCUT2D eigenvalue weighted by molar-refractivity contribution is 0.0827. The van der Waals surface area contributed by atoms with Crippen LogP contribution in [0.4, 0.5) is 11.4 Å². The summed E-state index contributed by atoms with van der Waals surface area (Å²) >= 11 is 1.81. The topological polar surface area (TPSA) is 58.4 Å². The number of aryl methyl sites for hydroxylation is 1. The van der Waals surface area contributed by atoms with Crippen molar-refractivity contribution in [2.45, 2.75) is 19.9 Å². The molecule has 1 aromatic carbocycles. The first-order valence-corrected chi connectivity index (χ1v) is 7.75. The minimum absolute atomic E-state index is 0.0425. The molecule has 4 nitrogen and oxygen atoms in total. The van der Waals surface area contributed by atoms with Crippen LogP contribution >= 0.6 is 11.3 Å². The zero-order valence-electron chi connectivity index (χ0n) is 12.6. The van der Waals surface area contributed by atoms with Gasteiger partial charge >= 0.3 is 0 Å². The van der Waals surface area contributed by atoms with Gasteiger partial charge in [-0.05, 0) is 36.8 Å². The molecular weight excluding hydrogens is 282 g/mol. The fourth-order valence-corrected chi connectivity index (χ4v) is 2.90. The lowest BCUT2D eigenvalue weighted by atomic mass is 10.1. The molecule has 0 fully saturated rings. The number of nitrogens with two attached hydrogens (primary N) is 1. The van der Waals surface area contributed by atoms with Crippen LogP contribution in [-0.2, 0) is 13.0 Å². The predicted molar refractivity (Wildman–Crippen MR) is 89.9 cm³/mol. The quantitative estimate of drug-likeness (QED) is 0.834. The second kappa shape index (κ2) is 6.63.